The number of nitrogens with one attached hydrogen (secondary N) is 2. The zero-order valence-corrected chi connectivity index (χ0v) is 17.6. The second-order valence-corrected chi connectivity index (χ2v) is 5.76. The van der Waals surface area contributed by atoms with E-state index in [1.54, 1.807) is 13.1 Å². The van der Waals surface area contributed by atoms with E-state index in [1.807, 2.05) is 24.3 Å². The van der Waals surface area contributed by atoms with Gasteiger partial charge in [-0.1, -0.05) is 12.1 Å². The Hall–Kier alpha value is -2.23. The third-order valence-corrected chi connectivity index (χ3v) is 4.04. The molecule has 0 bridgehead atoms. The number of hydrogen-bond donors (Lipinski definition) is 2. The van der Waals surface area contributed by atoms with Crippen molar-refractivity contribution in [2.45, 2.75) is 13.0 Å². The van der Waals surface area contributed by atoms with Crippen molar-refractivity contribution < 1.29 is 18.6 Å². The van der Waals surface area contributed by atoms with Gasteiger partial charge in [0.1, 0.15) is 0 Å². The Morgan fingerprint density at radius 2 is 1.89 bits per heavy atom. The lowest BCUT2D eigenvalue weighted by atomic mass is 10.1. The van der Waals surface area contributed by atoms with E-state index in [0.717, 1.165) is 29.0 Å². The molecule has 0 aliphatic carbocycles. The van der Waals surface area contributed by atoms with E-state index in [2.05, 4.69) is 15.6 Å². The molecule has 0 unspecified atom stereocenters. The molecule has 0 saturated carbocycles. The quantitative estimate of drug-likeness (QED) is 0.373. The SMILES string of the molecule is CN=C(NCCc1ccc2c(c1)OCO2)NCc1ccc(OC)c(F)c1.I. The number of benzene rings is 2. The van der Waals surface area contributed by atoms with Crippen LogP contribution in [0.15, 0.2) is 41.4 Å². The summed E-state index contributed by atoms with van der Waals surface area (Å²) in [5.41, 5.74) is 1.96. The van der Waals surface area contributed by atoms with Crippen molar-refractivity contribution >= 4 is 29.9 Å². The molecule has 1 aliphatic rings. The summed E-state index contributed by atoms with van der Waals surface area (Å²) in [7, 11) is 3.15. The van der Waals surface area contributed by atoms with Crippen molar-refractivity contribution in [3.8, 4) is 17.2 Å². The molecule has 3 rings (SSSR count). The van der Waals surface area contributed by atoms with Gasteiger partial charge in [-0.05, 0) is 41.8 Å². The number of guanidine groups is 1. The highest BCUT2D eigenvalue weighted by Gasteiger charge is 2.13. The van der Waals surface area contributed by atoms with Crippen LogP contribution in [0.25, 0.3) is 0 Å². The summed E-state index contributed by atoms with van der Waals surface area (Å²) in [6, 6.07) is 10.8. The number of fused-ring (bicyclic) bond motifs is 1. The molecule has 0 atom stereocenters. The molecule has 2 aromatic carbocycles. The molecule has 2 N–H and O–H groups in total. The molecule has 6 nitrogen and oxygen atoms in total. The van der Waals surface area contributed by atoms with E-state index in [1.165, 1.54) is 13.2 Å². The van der Waals surface area contributed by atoms with Crippen LogP contribution in [-0.2, 0) is 13.0 Å². The van der Waals surface area contributed by atoms with Crippen molar-refractivity contribution in [2.24, 2.45) is 4.99 Å². The average molecular weight is 487 g/mol. The lowest BCUT2D eigenvalue weighted by Crippen LogP contribution is -2.37. The first-order chi connectivity index (χ1) is 12.7. The predicted octanol–water partition coefficient (Wildman–Crippen LogP) is 3.09. The van der Waals surface area contributed by atoms with E-state index >= 15 is 0 Å². The van der Waals surface area contributed by atoms with Crippen LogP contribution in [0.5, 0.6) is 17.2 Å². The molecule has 0 spiro atoms. The molecule has 27 heavy (non-hydrogen) atoms. The highest BCUT2D eigenvalue weighted by atomic mass is 127. The Labute approximate surface area is 175 Å². The van der Waals surface area contributed by atoms with Crippen molar-refractivity contribution in [3.63, 3.8) is 0 Å². The maximum atomic E-state index is 13.7. The minimum absolute atomic E-state index is 0. The third-order valence-electron chi connectivity index (χ3n) is 4.04. The maximum Gasteiger partial charge on any atom is 0.231 e. The summed E-state index contributed by atoms with van der Waals surface area (Å²) < 4.78 is 29.3. The van der Waals surface area contributed by atoms with Crippen LogP contribution in [0.3, 0.4) is 0 Å². The largest absolute Gasteiger partial charge is 0.494 e. The van der Waals surface area contributed by atoms with E-state index in [0.29, 0.717) is 19.0 Å². The molecule has 0 amide bonds. The molecule has 2 aromatic rings. The zero-order chi connectivity index (χ0) is 18.4. The highest BCUT2D eigenvalue weighted by molar-refractivity contribution is 14.0. The molecular formula is C19H23FIN3O3. The second-order valence-electron chi connectivity index (χ2n) is 5.76. The van der Waals surface area contributed by atoms with Crippen molar-refractivity contribution in [2.75, 3.05) is 27.5 Å². The number of nitrogens with zero attached hydrogens (tertiary/aromatic N) is 1. The number of rotatable bonds is 6. The maximum absolute atomic E-state index is 13.7. The summed E-state index contributed by atoms with van der Waals surface area (Å²) in [6.45, 7) is 1.44. The minimum Gasteiger partial charge on any atom is -0.494 e. The molecular weight excluding hydrogens is 464 g/mol. The van der Waals surface area contributed by atoms with Gasteiger partial charge in [0.05, 0.1) is 7.11 Å². The number of ether oxygens (including phenoxy) is 3. The van der Waals surface area contributed by atoms with Gasteiger partial charge in [0, 0.05) is 20.1 Å². The fraction of sp³-hybridized carbons (Fsp3) is 0.316. The molecule has 0 saturated heterocycles. The Morgan fingerprint density at radius 3 is 2.63 bits per heavy atom. The first-order valence-electron chi connectivity index (χ1n) is 8.35. The van der Waals surface area contributed by atoms with Crippen molar-refractivity contribution in [3.05, 3.63) is 53.3 Å². The zero-order valence-electron chi connectivity index (χ0n) is 15.3. The average Bonchev–Trinajstić information content (AvgIpc) is 3.12. The standard InChI is InChI=1S/C19H22FN3O3.HI/c1-21-19(23-11-14-4-5-16(24-2)15(20)9-14)22-8-7-13-3-6-17-18(10-13)26-12-25-17;/h3-6,9-10H,7-8,11-12H2,1-2H3,(H2,21,22,23);1H. The Balaban J connectivity index is 0.00000261. The monoisotopic (exact) mass is 487 g/mol. The summed E-state index contributed by atoms with van der Waals surface area (Å²) in [5.74, 6) is 2.08. The first-order valence-corrected chi connectivity index (χ1v) is 8.35. The Bertz CT molecular complexity index is 802. The smallest absolute Gasteiger partial charge is 0.231 e. The van der Waals surface area contributed by atoms with E-state index in [-0.39, 0.29) is 42.3 Å². The summed E-state index contributed by atoms with van der Waals surface area (Å²) in [4.78, 5) is 4.18. The van der Waals surface area contributed by atoms with Gasteiger partial charge in [-0.25, -0.2) is 4.39 Å². The fourth-order valence-electron chi connectivity index (χ4n) is 2.65. The number of aliphatic imine (C=N–C) groups is 1. The van der Waals surface area contributed by atoms with Crippen LogP contribution in [0, 0.1) is 5.82 Å². The topological polar surface area (TPSA) is 64.1 Å². The first kappa shape index (κ1) is 21.1. The third kappa shape index (κ3) is 5.62. The number of hydrogen-bond acceptors (Lipinski definition) is 4. The van der Waals surface area contributed by atoms with Gasteiger partial charge < -0.3 is 24.8 Å². The van der Waals surface area contributed by atoms with Gasteiger partial charge >= 0.3 is 0 Å². The Kier molecular flexibility index (Phi) is 7.96. The lowest BCUT2D eigenvalue weighted by molar-refractivity contribution is 0.174. The summed E-state index contributed by atoms with van der Waals surface area (Å²) in [6.07, 6.45) is 0.814. The van der Waals surface area contributed by atoms with Crippen LogP contribution < -0.4 is 24.8 Å². The van der Waals surface area contributed by atoms with Crippen LogP contribution in [-0.4, -0.2) is 33.5 Å². The van der Waals surface area contributed by atoms with Gasteiger partial charge in [-0.3, -0.25) is 4.99 Å². The summed E-state index contributed by atoms with van der Waals surface area (Å²) >= 11 is 0. The van der Waals surface area contributed by atoms with Crippen LogP contribution in [0.1, 0.15) is 11.1 Å². The minimum atomic E-state index is -0.377. The second kappa shape index (κ2) is 10.2. The van der Waals surface area contributed by atoms with E-state index < -0.39 is 0 Å². The van der Waals surface area contributed by atoms with Crippen molar-refractivity contribution in [1.82, 2.24) is 10.6 Å². The van der Waals surface area contributed by atoms with E-state index in [4.69, 9.17) is 14.2 Å². The summed E-state index contributed by atoms with van der Waals surface area (Å²) in [5, 5.41) is 6.41. The number of methoxy groups -OCH3 is 1. The van der Waals surface area contributed by atoms with Crippen LogP contribution >= 0.6 is 24.0 Å². The van der Waals surface area contributed by atoms with Gasteiger partial charge in [-0.2, -0.15) is 0 Å². The van der Waals surface area contributed by atoms with Gasteiger partial charge in [0.2, 0.25) is 6.79 Å². The molecule has 1 heterocycles. The molecule has 0 aromatic heterocycles. The molecule has 0 radical (unpaired) electrons. The number of halogens is 2. The van der Waals surface area contributed by atoms with Crippen LogP contribution in [0.2, 0.25) is 0 Å². The Morgan fingerprint density at radius 1 is 1.11 bits per heavy atom. The molecule has 0 fully saturated rings. The normalized spacial score (nSPS) is 12.3. The van der Waals surface area contributed by atoms with Gasteiger partial charge in [0.15, 0.2) is 29.0 Å². The molecule has 1 aliphatic heterocycles. The predicted molar refractivity (Wildman–Crippen MR) is 113 cm³/mol. The van der Waals surface area contributed by atoms with Crippen LogP contribution in [0.4, 0.5) is 4.39 Å². The van der Waals surface area contributed by atoms with Crippen molar-refractivity contribution in [1.29, 1.82) is 0 Å². The van der Waals surface area contributed by atoms with Gasteiger partial charge in [-0.15, -0.1) is 24.0 Å². The fourth-order valence-corrected chi connectivity index (χ4v) is 2.65. The molecule has 146 valence electrons. The highest BCUT2D eigenvalue weighted by Crippen LogP contribution is 2.32. The van der Waals surface area contributed by atoms with E-state index in [9.17, 15) is 4.39 Å². The van der Waals surface area contributed by atoms with Gasteiger partial charge in [0.25, 0.3) is 0 Å². The molecule has 8 heteroatoms. The lowest BCUT2D eigenvalue weighted by Gasteiger charge is -2.12.